The molecule has 0 radical (unpaired) electrons. The molecule has 0 heterocycles. The van der Waals surface area contributed by atoms with Crippen LogP contribution in [0, 0.1) is 5.92 Å². The molecule has 2 rings (SSSR count). The monoisotopic (exact) mass is 280 g/mol. The number of ether oxygens (including phenoxy) is 1. The molecule has 1 nitrogen and oxygen atoms in total. The Kier molecular flexibility index (Phi) is 6.19. The Morgan fingerprint density at radius 3 is 2.68 bits per heavy atom. The summed E-state index contributed by atoms with van der Waals surface area (Å²) in [6.07, 6.45) is 5.79. The topological polar surface area (TPSA) is 9.23 Å². The zero-order chi connectivity index (χ0) is 13.5. The molecule has 0 aromatic heterocycles. The highest BCUT2D eigenvalue weighted by Crippen LogP contribution is 2.39. The first-order valence-electron chi connectivity index (χ1n) is 7.58. The van der Waals surface area contributed by atoms with Gasteiger partial charge in [-0.15, -0.1) is 11.6 Å². The zero-order valence-corrected chi connectivity index (χ0v) is 12.6. The Morgan fingerprint density at radius 2 is 1.95 bits per heavy atom. The molecule has 2 heteroatoms. The fourth-order valence-electron chi connectivity index (χ4n) is 3.03. The van der Waals surface area contributed by atoms with E-state index >= 15 is 0 Å². The summed E-state index contributed by atoms with van der Waals surface area (Å²) < 4.78 is 5.62. The first kappa shape index (κ1) is 14.9. The molecular weight excluding hydrogens is 256 g/mol. The lowest BCUT2D eigenvalue weighted by Crippen LogP contribution is -2.25. The summed E-state index contributed by atoms with van der Waals surface area (Å²) in [4.78, 5) is 0. The van der Waals surface area contributed by atoms with Crippen LogP contribution in [0.4, 0.5) is 0 Å². The van der Waals surface area contributed by atoms with E-state index in [0.717, 1.165) is 32.5 Å². The Bertz CT molecular complexity index is 352. The van der Waals surface area contributed by atoms with Gasteiger partial charge in [0, 0.05) is 18.6 Å². The van der Waals surface area contributed by atoms with Crippen LogP contribution >= 0.6 is 11.6 Å². The van der Waals surface area contributed by atoms with Crippen molar-refractivity contribution in [3.05, 3.63) is 35.9 Å². The summed E-state index contributed by atoms with van der Waals surface area (Å²) in [5, 5.41) is 0.338. The molecule has 1 fully saturated rings. The Hall–Kier alpha value is -0.530. The molecule has 106 valence electrons. The van der Waals surface area contributed by atoms with Crippen LogP contribution in [-0.2, 0) is 4.74 Å². The van der Waals surface area contributed by atoms with E-state index in [4.69, 9.17) is 16.3 Å². The van der Waals surface area contributed by atoms with E-state index in [1.165, 1.54) is 18.4 Å². The van der Waals surface area contributed by atoms with E-state index in [1.807, 2.05) is 0 Å². The van der Waals surface area contributed by atoms with E-state index in [-0.39, 0.29) is 0 Å². The minimum Gasteiger partial charge on any atom is -0.381 e. The maximum Gasteiger partial charge on any atom is 0.0469 e. The number of benzene rings is 1. The van der Waals surface area contributed by atoms with Crippen molar-refractivity contribution in [2.45, 2.75) is 50.3 Å². The average Bonchev–Trinajstić information content (AvgIpc) is 2.46. The summed E-state index contributed by atoms with van der Waals surface area (Å²) in [7, 11) is 0. The predicted octanol–water partition coefficient (Wildman–Crippen LogP) is 4.99. The van der Waals surface area contributed by atoms with E-state index < -0.39 is 0 Å². The van der Waals surface area contributed by atoms with E-state index in [1.54, 1.807) is 0 Å². The lowest BCUT2D eigenvalue weighted by Gasteiger charge is -2.33. The van der Waals surface area contributed by atoms with Crippen LogP contribution < -0.4 is 0 Å². The molecule has 1 aromatic carbocycles. The van der Waals surface area contributed by atoms with Crippen molar-refractivity contribution in [2.24, 2.45) is 5.92 Å². The van der Waals surface area contributed by atoms with Crippen LogP contribution in [0.5, 0.6) is 0 Å². The fourth-order valence-corrected chi connectivity index (χ4v) is 3.39. The molecule has 0 saturated heterocycles. The van der Waals surface area contributed by atoms with Crippen LogP contribution in [0.3, 0.4) is 0 Å². The van der Waals surface area contributed by atoms with Gasteiger partial charge in [-0.25, -0.2) is 0 Å². The number of halogens is 1. The molecule has 19 heavy (non-hydrogen) atoms. The highest BCUT2D eigenvalue weighted by Gasteiger charge is 2.29. The molecule has 0 N–H and O–H groups in total. The third-order valence-electron chi connectivity index (χ3n) is 4.14. The minimum absolute atomic E-state index is 0.338. The molecule has 0 spiro atoms. The third kappa shape index (κ3) is 4.50. The van der Waals surface area contributed by atoms with Gasteiger partial charge in [0.1, 0.15) is 0 Å². The lowest BCUT2D eigenvalue weighted by molar-refractivity contribution is 0.113. The summed E-state index contributed by atoms with van der Waals surface area (Å²) >= 11 is 6.49. The highest BCUT2D eigenvalue weighted by molar-refractivity contribution is 6.20. The second kappa shape index (κ2) is 7.91. The smallest absolute Gasteiger partial charge is 0.0469 e. The van der Waals surface area contributed by atoms with Gasteiger partial charge in [-0.3, -0.25) is 0 Å². The Balaban J connectivity index is 1.85. The van der Waals surface area contributed by atoms with Crippen molar-refractivity contribution < 1.29 is 4.74 Å². The van der Waals surface area contributed by atoms with Crippen molar-refractivity contribution >= 4 is 11.6 Å². The van der Waals surface area contributed by atoms with Crippen LogP contribution in [0.2, 0.25) is 0 Å². The minimum atomic E-state index is 0.338. The van der Waals surface area contributed by atoms with Crippen LogP contribution in [0.25, 0.3) is 0 Å². The number of rotatable bonds is 6. The molecule has 1 saturated carbocycles. The van der Waals surface area contributed by atoms with Crippen LogP contribution in [-0.4, -0.2) is 18.6 Å². The normalized spacial score (nSPS) is 27.4. The standard InChI is InChI=1S/C17H25ClO/c1-2-11-19-12-10-16-13-15(8-9-17(16)18)14-6-4-3-5-7-14/h3-7,15-17H,2,8-13H2,1H3. The van der Waals surface area contributed by atoms with Crippen molar-refractivity contribution in [3.8, 4) is 0 Å². The van der Waals surface area contributed by atoms with Gasteiger partial charge in [0.05, 0.1) is 0 Å². The summed E-state index contributed by atoms with van der Waals surface area (Å²) in [6.45, 7) is 3.89. The summed E-state index contributed by atoms with van der Waals surface area (Å²) in [5.41, 5.74) is 1.48. The molecule has 0 bridgehead atoms. The van der Waals surface area contributed by atoms with Crippen molar-refractivity contribution in [1.29, 1.82) is 0 Å². The van der Waals surface area contributed by atoms with E-state index in [9.17, 15) is 0 Å². The first-order chi connectivity index (χ1) is 9.31. The van der Waals surface area contributed by atoms with Crippen molar-refractivity contribution in [1.82, 2.24) is 0 Å². The van der Waals surface area contributed by atoms with Gasteiger partial charge in [0.2, 0.25) is 0 Å². The highest BCUT2D eigenvalue weighted by atomic mass is 35.5. The summed E-state index contributed by atoms with van der Waals surface area (Å²) in [6, 6.07) is 10.9. The quantitative estimate of drug-likeness (QED) is 0.527. The largest absolute Gasteiger partial charge is 0.381 e. The Morgan fingerprint density at radius 1 is 1.16 bits per heavy atom. The predicted molar refractivity (Wildman–Crippen MR) is 81.9 cm³/mol. The maximum atomic E-state index is 6.49. The SMILES string of the molecule is CCCOCCC1CC(c2ccccc2)CCC1Cl. The fraction of sp³-hybridized carbons (Fsp3) is 0.647. The number of hydrogen-bond donors (Lipinski definition) is 0. The number of hydrogen-bond acceptors (Lipinski definition) is 1. The average molecular weight is 281 g/mol. The van der Waals surface area contributed by atoms with Crippen molar-refractivity contribution in [3.63, 3.8) is 0 Å². The molecule has 1 aromatic rings. The zero-order valence-electron chi connectivity index (χ0n) is 11.9. The van der Waals surface area contributed by atoms with Gasteiger partial charge in [-0.1, -0.05) is 37.3 Å². The molecule has 0 amide bonds. The molecule has 3 atom stereocenters. The summed E-state index contributed by atoms with van der Waals surface area (Å²) in [5.74, 6) is 1.30. The van der Waals surface area contributed by atoms with Gasteiger partial charge < -0.3 is 4.74 Å². The van der Waals surface area contributed by atoms with Gasteiger partial charge in [-0.2, -0.15) is 0 Å². The van der Waals surface area contributed by atoms with Gasteiger partial charge in [0.15, 0.2) is 0 Å². The molecule has 1 aliphatic rings. The lowest BCUT2D eigenvalue weighted by atomic mass is 9.76. The van der Waals surface area contributed by atoms with Gasteiger partial charge in [0.25, 0.3) is 0 Å². The van der Waals surface area contributed by atoms with E-state index in [2.05, 4.69) is 37.3 Å². The molecule has 3 unspecified atom stereocenters. The van der Waals surface area contributed by atoms with Gasteiger partial charge >= 0.3 is 0 Å². The van der Waals surface area contributed by atoms with Gasteiger partial charge in [-0.05, 0) is 49.5 Å². The molecule has 0 aliphatic heterocycles. The van der Waals surface area contributed by atoms with Crippen LogP contribution in [0.15, 0.2) is 30.3 Å². The third-order valence-corrected chi connectivity index (χ3v) is 4.72. The molecular formula is C17H25ClO. The number of alkyl halides is 1. The second-order valence-corrected chi connectivity index (χ2v) is 6.16. The van der Waals surface area contributed by atoms with E-state index in [0.29, 0.717) is 17.2 Å². The maximum absolute atomic E-state index is 6.49. The first-order valence-corrected chi connectivity index (χ1v) is 8.01. The Labute approximate surface area is 122 Å². The van der Waals surface area contributed by atoms with Crippen molar-refractivity contribution in [2.75, 3.05) is 13.2 Å². The molecule has 1 aliphatic carbocycles. The second-order valence-electron chi connectivity index (χ2n) is 5.60. The van der Waals surface area contributed by atoms with Crippen LogP contribution in [0.1, 0.15) is 50.5 Å².